The summed E-state index contributed by atoms with van der Waals surface area (Å²) in [6.07, 6.45) is 1.86. The van der Waals surface area contributed by atoms with Gasteiger partial charge in [0, 0.05) is 4.88 Å². The van der Waals surface area contributed by atoms with Gasteiger partial charge in [-0.15, -0.1) is 11.3 Å². The quantitative estimate of drug-likeness (QED) is 0.613. The fourth-order valence-corrected chi connectivity index (χ4v) is 3.32. The van der Waals surface area contributed by atoms with Gasteiger partial charge in [-0.1, -0.05) is 6.92 Å². The van der Waals surface area contributed by atoms with Crippen molar-refractivity contribution in [2.24, 2.45) is 0 Å². The second-order valence-corrected chi connectivity index (χ2v) is 5.90. The Hall–Kier alpha value is -2.75. The van der Waals surface area contributed by atoms with Crippen LogP contribution in [-0.2, 0) is 17.8 Å². The molecule has 2 rings (SSSR count). The van der Waals surface area contributed by atoms with Crippen molar-refractivity contribution in [2.75, 3.05) is 5.32 Å². The maximum absolute atomic E-state index is 12.0. The van der Waals surface area contributed by atoms with E-state index < -0.39 is 16.8 Å². The molecule has 0 atom stereocenters. The number of carbonyl (C=O) groups is 2. The van der Waals surface area contributed by atoms with Gasteiger partial charge in [0.1, 0.15) is 11.5 Å². The minimum Gasteiger partial charge on any atom is -0.478 e. The number of aromatic nitrogens is 2. The predicted octanol–water partition coefficient (Wildman–Crippen LogP) is 2.06. The monoisotopic (exact) mass is 338 g/mol. The smallest absolute Gasteiger partial charge is 0.389 e. The number of thiophene rings is 1. The van der Waals surface area contributed by atoms with E-state index in [0.717, 1.165) is 9.56 Å². The Labute approximate surface area is 134 Å². The highest BCUT2D eigenvalue weighted by atomic mass is 32.1. The second kappa shape index (κ2) is 6.57. The van der Waals surface area contributed by atoms with E-state index in [-0.39, 0.29) is 22.9 Å². The molecule has 1 amide bonds. The zero-order valence-corrected chi connectivity index (χ0v) is 13.2. The number of aromatic carboxylic acids is 1. The molecule has 2 N–H and O–H groups in total. The van der Waals surface area contributed by atoms with Gasteiger partial charge in [-0.2, -0.15) is 4.68 Å². The van der Waals surface area contributed by atoms with Crippen molar-refractivity contribution in [1.82, 2.24) is 9.78 Å². The van der Waals surface area contributed by atoms with Gasteiger partial charge in [-0.25, -0.2) is 4.79 Å². The lowest BCUT2D eigenvalue weighted by atomic mass is 10.1. The number of nitrogens with one attached hydrogen (secondary N) is 1. The first-order valence-corrected chi connectivity index (χ1v) is 7.48. The Morgan fingerprint density at radius 2 is 2.22 bits per heavy atom. The van der Waals surface area contributed by atoms with Gasteiger partial charge in [0.25, 0.3) is 0 Å². The number of carbonyl (C=O) groups excluding carboxylic acids is 1. The molecule has 2 aromatic heterocycles. The summed E-state index contributed by atoms with van der Waals surface area (Å²) in [5.41, 5.74) is 0.780. The number of amides is 1. The van der Waals surface area contributed by atoms with Crippen LogP contribution in [0.2, 0.25) is 0 Å². The van der Waals surface area contributed by atoms with Crippen LogP contribution in [0.5, 0.6) is 0 Å². The fourth-order valence-electron chi connectivity index (χ4n) is 2.17. The van der Waals surface area contributed by atoms with Crippen molar-refractivity contribution in [1.29, 1.82) is 0 Å². The maximum atomic E-state index is 12.0. The van der Waals surface area contributed by atoms with Crippen molar-refractivity contribution in [3.8, 4) is 0 Å². The second-order valence-electron chi connectivity index (χ2n) is 4.68. The van der Waals surface area contributed by atoms with Gasteiger partial charge >= 0.3 is 11.8 Å². The van der Waals surface area contributed by atoms with Crippen LogP contribution in [0, 0.1) is 17.0 Å². The number of nitrogens with zero attached hydrogens (tertiary/aromatic N) is 3. The van der Waals surface area contributed by atoms with Crippen LogP contribution in [0.4, 0.5) is 10.8 Å². The van der Waals surface area contributed by atoms with Crippen LogP contribution in [0.1, 0.15) is 27.7 Å². The van der Waals surface area contributed by atoms with Crippen molar-refractivity contribution in [2.45, 2.75) is 26.8 Å². The standard InChI is InChI=1S/C13H14N4O5S/c1-3-8-7(2)23-12(11(8)13(19)20)14-10(18)6-16-5-4-9(15-16)17(21)22/h4-5H,3,6H2,1-2H3,(H,14,18)(H,19,20). The number of nitro groups is 1. The van der Waals surface area contributed by atoms with E-state index >= 15 is 0 Å². The molecule has 0 bridgehead atoms. The maximum Gasteiger partial charge on any atom is 0.389 e. The fraction of sp³-hybridized carbons (Fsp3) is 0.308. The van der Waals surface area contributed by atoms with Crippen molar-refractivity contribution in [3.63, 3.8) is 0 Å². The highest BCUT2D eigenvalue weighted by molar-refractivity contribution is 7.16. The average Bonchev–Trinajstić information content (AvgIpc) is 3.02. The summed E-state index contributed by atoms with van der Waals surface area (Å²) in [4.78, 5) is 34.1. The lowest BCUT2D eigenvalue weighted by molar-refractivity contribution is -0.389. The molecule has 0 saturated heterocycles. The van der Waals surface area contributed by atoms with Crippen LogP contribution in [0.15, 0.2) is 12.3 Å². The first kappa shape index (κ1) is 16.6. The molecule has 0 aliphatic carbocycles. The van der Waals surface area contributed by atoms with Crippen LogP contribution < -0.4 is 5.32 Å². The van der Waals surface area contributed by atoms with E-state index in [4.69, 9.17) is 0 Å². The summed E-state index contributed by atoms with van der Waals surface area (Å²) < 4.78 is 1.12. The summed E-state index contributed by atoms with van der Waals surface area (Å²) in [5.74, 6) is -1.96. The third kappa shape index (κ3) is 3.54. The number of rotatable bonds is 6. The lowest BCUT2D eigenvalue weighted by Gasteiger charge is -2.04. The van der Waals surface area contributed by atoms with Crippen LogP contribution in [-0.4, -0.2) is 31.7 Å². The van der Waals surface area contributed by atoms with E-state index in [0.29, 0.717) is 12.0 Å². The first-order valence-electron chi connectivity index (χ1n) is 6.66. The molecule has 0 aromatic carbocycles. The molecule has 2 heterocycles. The molecule has 0 saturated carbocycles. The van der Waals surface area contributed by atoms with Gasteiger partial charge in [-0.3, -0.25) is 4.79 Å². The summed E-state index contributed by atoms with van der Waals surface area (Å²) in [7, 11) is 0. The van der Waals surface area contributed by atoms with Gasteiger partial charge in [0.15, 0.2) is 0 Å². The number of anilines is 1. The molecule has 0 aliphatic heterocycles. The largest absolute Gasteiger partial charge is 0.478 e. The van der Waals surface area contributed by atoms with E-state index in [2.05, 4.69) is 10.4 Å². The molecule has 0 radical (unpaired) electrons. The van der Waals surface area contributed by atoms with E-state index in [9.17, 15) is 24.8 Å². The van der Waals surface area contributed by atoms with Gasteiger partial charge in [0.05, 0.1) is 22.9 Å². The van der Waals surface area contributed by atoms with E-state index in [1.54, 1.807) is 6.92 Å². The van der Waals surface area contributed by atoms with Crippen LogP contribution in [0.3, 0.4) is 0 Å². The molecular formula is C13H14N4O5S. The Morgan fingerprint density at radius 3 is 2.74 bits per heavy atom. The highest BCUT2D eigenvalue weighted by Gasteiger charge is 2.22. The predicted molar refractivity (Wildman–Crippen MR) is 82.9 cm³/mol. The molecule has 9 nitrogen and oxygen atoms in total. The van der Waals surface area contributed by atoms with Crippen LogP contribution in [0.25, 0.3) is 0 Å². The number of carboxylic acids is 1. The van der Waals surface area contributed by atoms with Crippen molar-refractivity contribution >= 4 is 34.0 Å². The zero-order valence-electron chi connectivity index (χ0n) is 12.4. The number of aryl methyl sites for hydroxylation is 1. The minimum atomic E-state index is -1.10. The summed E-state index contributed by atoms with van der Waals surface area (Å²) in [5, 5.41) is 26.3. The molecule has 0 spiro atoms. The Morgan fingerprint density at radius 1 is 1.52 bits per heavy atom. The topological polar surface area (TPSA) is 127 Å². The third-order valence-corrected chi connectivity index (χ3v) is 4.21. The number of carboxylic acid groups (broad SMARTS) is 1. The molecule has 2 aromatic rings. The average molecular weight is 338 g/mol. The molecule has 122 valence electrons. The summed E-state index contributed by atoms with van der Waals surface area (Å²) in [6, 6.07) is 1.18. The van der Waals surface area contributed by atoms with Gasteiger partial charge < -0.3 is 20.5 Å². The molecule has 0 fully saturated rings. The molecule has 10 heteroatoms. The van der Waals surface area contributed by atoms with Crippen LogP contribution >= 0.6 is 11.3 Å². The van der Waals surface area contributed by atoms with Gasteiger partial charge in [0.2, 0.25) is 5.91 Å². The first-order chi connectivity index (χ1) is 10.8. The minimum absolute atomic E-state index is 0.0924. The van der Waals surface area contributed by atoms with E-state index in [1.165, 1.54) is 23.6 Å². The molecular weight excluding hydrogens is 324 g/mol. The summed E-state index contributed by atoms with van der Waals surface area (Å²) >= 11 is 1.19. The molecule has 23 heavy (non-hydrogen) atoms. The normalized spacial score (nSPS) is 10.5. The third-order valence-electron chi connectivity index (χ3n) is 3.15. The lowest BCUT2D eigenvalue weighted by Crippen LogP contribution is -2.20. The Balaban J connectivity index is 2.16. The highest BCUT2D eigenvalue weighted by Crippen LogP contribution is 2.33. The SMILES string of the molecule is CCc1c(C)sc(NC(=O)Cn2ccc([N+](=O)[O-])n2)c1C(=O)O. The zero-order chi connectivity index (χ0) is 17.1. The summed E-state index contributed by atoms with van der Waals surface area (Å²) in [6.45, 7) is 3.39. The number of hydrogen-bond donors (Lipinski definition) is 2. The van der Waals surface area contributed by atoms with Crippen molar-refractivity contribution in [3.05, 3.63) is 38.4 Å². The van der Waals surface area contributed by atoms with Gasteiger partial charge in [-0.05, 0) is 23.8 Å². The molecule has 0 unspecified atom stereocenters. The Bertz CT molecular complexity index is 779. The van der Waals surface area contributed by atoms with E-state index in [1.807, 2.05) is 6.92 Å². The Kier molecular flexibility index (Phi) is 4.74. The molecule has 0 aliphatic rings. The van der Waals surface area contributed by atoms with Crippen molar-refractivity contribution < 1.29 is 19.6 Å². The number of hydrogen-bond acceptors (Lipinski definition) is 6.